The summed E-state index contributed by atoms with van der Waals surface area (Å²) in [5.41, 5.74) is 0.512. The number of halogens is 2. The van der Waals surface area contributed by atoms with Crippen molar-refractivity contribution < 1.29 is 4.79 Å². The molecule has 8 heteroatoms. The van der Waals surface area contributed by atoms with E-state index in [1.165, 1.54) is 25.7 Å². The molecule has 1 fully saturated rings. The monoisotopic (exact) mass is 412 g/mol. The molecule has 1 aromatic heterocycles. The van der Waals surface area contributed by atoms with E-state index in [1.54, 1.807) is 30.0 Å². The van der Waals surface area contributed by atoms with E-state index >= 15 is 0 Å². The second-order valence-electron chi connectivity index (χ2n) is 6.40. The predicted molar refractivity (Wildman–Crippen MR) is 106 cm³/mol. The first-order chi connectivity index (χ1) is 12.6. The first-order valence-corrected chi connectivity index (χ1v) is 10.8. The number of aromatic nitrogens is 3. The maximum atomic E-state index is 12.2. The first kappa shape index (κ1) is 19.5. The number of amides is 1. The van der Waals surface area contributed by atoms with Gasteiger partial charge in [-0.25, -0.2) is 0 Å². The zero-order chi connectivity index (χ0) is 18.5. The third kappa shape index (κ3) is 4.53. The number of aryl methyl sites for hydroxylation is 1. The summed E-state index contributed by atoms with van der Waals surface area (Å²) in [7, 11) is 0. The van der Waals surface area contributed by atoms with Crippen molar-refractivity contribution in [1.82, 2.24) is 20.1 Å². The predicted octanol–water partition coefficient (Wildman–Crippen LogP) is 4.78. The van der Waals surface area contributed by atoms with Gasteiger partial charge in [0.05, 0.1) is 10.0 Å². The standard InChI is InChI=1S/C18H22Cl2N4OS/c1-26-18-23-22-16(24(18)13-5-2-3-6-13)7-4-10-21-17(25)12-8-9-14(19)15(20)11-12/h8-9,11,13H,2-7,10H2,1H3,(H,21,25). The Labute approximate surface area is 167 Å². The lowest BCUT2D eigenvalue weighted by Crippen LogP contribution is -2.25. The smallest absolute Gasteiger partial charge is 0.251 e. The van der Waals surface area contributed by atoms with Gasteiger partial charge in [-0.3, -0.25) is 4.79 Å². The Morgan fingerprint density at radius 1 is 1.27 bits per heavy atom. The van der Waals surface area contributed by atoms with Gasteiger partial charge < -0.3 is 9.88 Å². The second kappa shape index (κ2) is 9.11. The van der Waals surface area contributed by atoms with Crippen LogP contribution in [-0.4, -0.2) is 33.5 Å². The molecule has 140 valence electrons. The molecule has 1 saturated carbocycles. The highest BCUT2D eigenvalue weighted by atomic mass is 35.5. The van der Waals surface area contributed by atoms with Crippen LogP contribution in [0.3, 0.4) is 0 Å². The minimum Gasteiger partial charge on any atom is -0.352 e. The molecule has 5 nitrogen and oxygen atoms in total. The minimum absolute atomic E-state index is 0.148. The number of rotatable bonds is 7. The minimum atomic E-state index is -0.148. The van der Waals surface area contributed by atoms with E-state index in [-0.39, 0.29) is 5.91 Å². The highest BCUT2D eigenvalue weighted by Crippen LogP contribution is 2.33. The van der Waals surface area contributed by atoms with E-state index in [2.05, 4.69) is 20.1 Å². The Kier molecular flexibility index (Phi) is 6.84. The molecule has 2 aromatic rings. The summed E-state index contributed by atoms with van der Waals surface area (Å²) in [6, 6.07) is 5.41. The summed E-state index contributed by atoms with van der Waals surface area (Å²) in [6.45, 7) is 0.575. The van der Waals surface area contributed by atoms with E-state index in [0.717, 1.165) is 23.8 Å². The molecule has 0 aliphatic heterocycles. The number of thioether (sulfide) groups is 1. The molecule has 1 amide bonds. The van der Waals surface area contributed by atoms with Crippen LogP contribution >= 0.6 is 35.0 Å². The van der Waals surface area contributed by atoms with Gasteiger partial charge >= 0.3 is 0 Å². The van der Waals surface area contributed by atoms with Gasteiger partial charge in [0.15, 0.2) is 5.16 Å². The maximum Gasteiger partial charge on any atom is 0.251 e. The normalized spacial score (nSPS) is 14.7. The lowest BCUT2D eigenvalue weighted by Gasteiger charge is -2.16. The average molecular weight is 413 g/mol. The molecule has 26 heavy (non-hydrogen) atoms. The number of benzene rings is 1. The van der Waals surface area contributed by atoms with Crippen molar-refractivity contribution in [2.24, 2.45) is 0 Å². The molecule has 1 aliphatic carbocycles. The van der Waals surface area contributed by atoms with Gasteiger partial charge in [-0.05, 0) is 43.7 Å². The number of carbonyl (C=O) groups is 1. The van der Waals surface area contributed by atoms with E-state index in [1.807, 2.05) is 6.26 Å². The first-order valence-electron chi connectivity index (χ1n) is 8.81. The van der Waals surface area contributed by atoms with Crippen LogP contribution in [-0.2, 0) is 6.42 Å². The van der Waals surface area contributed by atoms with Gasteiger partial charge in [0, 0.05) is 24.6 Å². The van der Waals surface area contributed by atoms with Crippen LogP contribution in [0, 0.1) is 0 Å². The Hall–Kier alpha value is -1.24. The summed E-state index contributed by atoms with van der Waals surface area (Å²) < 4.78 is 2.30. The van der Waals surface area contributed by atoms with Crippen LogP contribution < -0.4 is 5.32 Å². The number of carbonyl (C=O) groups excluding carboxylic acids is 1. The molecule has 0 atom stereocenters. The fraction of sp³-hybridized carbons (Fsp3) is 0.500. The molecule has 0 unspecified atom stereocenters. The summed E-state index contributed by atoms with van der Waals surface area (Å²) in [4.78, 5) is 12.2. The third-order valence-electron chi connectivity index (χ3n) is 4.65. The Balaban J connectivity index is 1.54. The maximum absolute atomic E-state index is 12.2. The van der Waals surface area contributed by atoms with Crippen molar-refractivity contribution in [3.63, 3.8) is 0 Å². The summed E-state index contributed by atoms with van der Waals surface area (Å²) in [6.07, 6.45) is 8.60. The zero-order valence-electron chi connectivity index (χ0n) is 14.7. The summed E-state index contributed by atoms with van der Waals surface area (Å²) in [5, 5.41) is 13.4. The molecule has 1 heterocycles. The SMILES string of the molecule is CSc1nnc(CCCNC(=O)c2ccc(Cl)c(Cl)c2)n1C1CCCC1. The number of hydrogen-bond acceptors (Lipinski definition) is 4. The fourth-order valence-corrected chi connectivity index (χ4v) is 4.21. The molecule has 0 spiro atoms. The number of nitrogens with one attached hydrogen (secondary N) is 1. The molecule has 0 radical (unpaired) electrons. The number of nitrogens with zero attached hydrogens (tertiary/aromatic N) is 3. The van der Waals surface area contributed by atoms with Crippen LogP contribution in [0.15, 0.2) is 23.4 Å². The molecule has 3 rings (SSSR count). The molecule has 1 aromatic carbocycles. The molecular formula is C18H22Cl2N4OS. The van der Waals surface area contributed by atoms with Crippen LogP contribution in [0.25, 0.3) is 0 Å². The molecule has 1 N–H and O–H groups in total. The molecule has 0 saturated heterocycles. The van der Waals surface area contributed by atoms with Crippen molar-refractivity contribution in [2.75, 3.05) is 12.8 Å². The van der Waals surface area contributed by atoms with Gasteiger partial charge in [-0.2, -0.15) is 0 Å². The summed E-state index contributed by atoms with van der Waals surface area (Å²) >= 11 is 13.5. The topological polar surface area (TPSA) is 59.8 Å². The van der Waals surface area contributed by atoms with Crippen LogP contribution in [0.2, 0.25) is 10.0 Å². The lowest BCUT2D eigenvalue weighted by atomic mass is 10.2. The lowest BCUT2D eigenvalue weighted by molar-refractivity contribution is 0.0953. The highest BCUT2D eigenvalue weighted by molar-refractivity contribution is 7.98. The Morgan fingerprint density at radius 3 is 2.73 bits per heavy atom. The highest BCUT2D eigenvalue weighted by Gasteiger charge is 2.23. The van der Waals surface area contributed by atoms with Crippen LogP contribution in [0.1, 0.15) is 54.3 Å². The van der Waals surface area contributed by atoms with Crippen LogP contribution in [0.5, 0.6) is 0 Å². The van der Waals surface area contributed by atoms with Crippen molar-refractivity contribution in [2.45, 2.75) is 49.7 Å². The molecule has 1 aliphatic rings. The van der Waals surface area contributed by atoms with Crippen molar-refractivity contribution >= 4 is 40.9 Å². The largest absolute Gasteiger partial charge is 0.352 e. The average Bonchev–Trinajstić information content (AvgIpc) is 3.29. The van der Waals surface area contributed by atoms with Gasteiger partial charge in [0.25, 0.3) is 5.91 Å². The molecule has 0 bridgehead atoms. The van der Waals surface area contributed by atoms with E-state index in [4.69, 9.17) is 23.2 Å². The Bertz CT molecular complexity index is 775. The fourth-order valence-electron chi connectivity index (χ4n) is 3.33. The third-order valence-corrected chi connectivity index (χ3v) is 6.03. The second-order valence-corrected chi connectivity index (χ2v) is 7.99. The Morgan fingerprint density at radius 2 is 2.04 bits per heavy atom. The van der Waals surface area contributed by atoms with Gasteiger partial charge in [-0.15, -0.1) is 10.2 Å². The van der Waals surface area contributed by atoms with E-state index < -0.39 is 0 Å². The van der Waals surface area contributed by atoms with Crippen LogP contribution in [0.4, 0.5) is 0 Å². The van der Waals surface area contributed by atoms with Crippen molar-refractivity contribution in [3.05, 3.63) is 39.6 Å². The van der Waals surface area contributed by atoms with E-state index in [9.17, 15) is 4.79 Å². The van der Waals surface area contributed by atoms with Gasteiger partial charge in [-0.1, -0.05) is 47.8 Å². The summed E-state index contributed by atoms with van der Waals surface area (Å²) in [5.74, 6) is 0.871. The van der Waals surface area contributed by atoms with E-state index in [0.29, 0.717) is 28.2 Å². The molecular weight excluding hydrogens is 391 g/mol. The van der Waals surface area contributed by atoms with Gasteiger partial charge in [0.2, 0.25) is 0 Å². The quantitative estimate of drug-likeness (QED) is 0.524. The van der Waals surface area contributed by atoms with Gasteiger partial charge in [0.1, 0.15) is 5.82 Å². The van der Waals surface area contributed by atoms with Crippen molar-refractivity contribution in [1.29, 1.82) is 0 Å². The zero-order valence-corrected chi connectivity index (χ0v) is 17.0. The number of hydrogen-bond donors (Lipinski definition) is 1. The van der Waals surface area contributed by atoms with Crippen molar-refractivity contribution in [3.8, 4) is 0 Å².